The van der Waals surface area contributed by atoms with Gasteiger partial charge >= 0.3 is 24.1 Å². The van der Waals surface area contributed by atoms with Crippen LogP contribution in [0, 0.1) is 11.7 Å². The van der Waals surface area contributed by atoms with E-state index in [2.05, 4.69) is 20.4 Å². The van der Waals surface area contributed by atoms with Gasteiger partial charge in [-0.3, -0.25) is 19.2 Å². The van der Waals surface area contributed by atoms with Crippen molar-refractivity contribution in [2.45, 2.75) is 64.3 Å². The Balaban J connectivity index is 1.26. The van der Waals surface area contributed by atoms with Gasteiger partial charge in [-0.25, -0.2) is 9.07 Å². The number of ether oxygens (including phenoxy) is 1. The Hall–Kier alpha value is -4.97. The highest BCUT2D eigenvalue weighted by Crippen LogP contribution is 2.33. The Morgan fingerprint density at radius 3 is 2.60 bits per heavy atom. The normalized spacial score (nSPS) is 15.9. The van der Waals surface area contributed by atoms with Crippen molar-refractivity contribution in [2.24, 2.45) is 5.92 Å². The molecular weight excluding hydrogens is 659 g/mol. The van der Waals surface area contributed by atoms with E-state index in [4.69, 9.17) is 0 Å². The third-order valence-electron chi connectivity index (χ3n) is 7.21. The van der Waals surface area contributed by atoms with Crippen molar-refractivity contribution in [2.75, 3.05) is 18.4 Å². The lowest BCUT2D eigenvalue weighted by molar-refractivity contribution is -0.188. The van der Waals surface area contributed by atoms with Crippen LogP contribution < -0.4 is 20.9 Å². The Morgan fingerprint density at radius 2 is 1.90 bits per heavy atom. The van der Waals surface area contributed by atoms with Gasteiger partial charge in [0.1, 0.15) is 11.9 Å². The molecule has 0 radical (unpaired) electrons. The number of halogens is 7. The molecule has 0 saturated carbocycles. The fourth-order valence-corrected chi connectivity index (χ4v) is 4.83. The van der Waals surface area contributed by atoms with E-state index >= 15 is 0 Å². The van der Waals surface area contributed by atoms with Crippen LogP contribution in [-0.2, 0) is 29.2 Å². The minimum absolute atomic E-state index is 0.0245. The summed E-state index contributed by atoms with van der Waals surface area (Å²) in [7, 11) is 0. The van der Waals surface area contributed by atoms with Gasteiger partial charge in [0.05, 0.1) is 24.3 Å². The van der Waals surface area contributed by atoms with Crippen LogP contribution >= 0.6 is 0 Å². The molecule has 3 amide bonds. The lowest BCUT2D eigenvalue weighted by Gasteiger charge is -2.33. The predicted octanol–water partition coefficient (Wildman–Crippen LogP) is 3.67. The van der Waals surface area contributed by atoms with Gasteiger partial charge in [0, 0.05) is 39.3 Å². The number of aromatic nitrogens is 4. The van der Waals surface area contributed by atoms with Gasteiger partial charge in [0.25, 0.3) is 11.5 Å². The van der Waals surface area contributed by atoms with Crippen LogP contribution in [0.25, 0.3) is 0 Å². The van der Waals surface area contributed by atoms with Crippen LogP contribution in [-0.4, -0.2) is 73.7 Å². The van der Waals surface area contributed by atoms with E-state index in [9.17, 15) is 49.9 Å². The first-order valence-electron chi connectivity index (χ1n) is 14.5. The Labute approximate surface area is 267 Å². The first kappa shape index (κ1) is 35.9. The monoisotopic (exact) mass is 689 g/mol. The van der Waals surface area contributed by atoms with E-state index < -0.39 is 65.7 Å². The number of rotatable bonds is 11. The number of amides is 3. The summed E-state index contributed by atoms with van der Waals surface area (Å²) >= 11 is 0. The van der Waals surface area contributed by atoms with Gasteiger partial charge < -0.3 is 24.8 Å². The second kappa shape index (κ2) is 14.8. The van der Waals surface area contributed by atoms with Crippen molar-refractivity contribution in [3.8, 4) is 5.75 Å². The van der Waals surface area contributed by atoms with Crippen LogP contribution in [0.15, 0.2) is 47.5 Å². The van der Waals surface area contributed by atoms with Crippen molar-refractivity contribution >= 4 is 23.4 Å². The smallest absolute Gasteiger partial charge is 0.394 e. The highest BCUT2D eigenvalue weighted by molar-refractivity contribution is 6.39. The first-order valence-corrected chi connectivity index (χ1v) is 14.5. The number of carbonyl (C=O) groups excluding carboxylic acids is 3. The standard InChI is InChI=1S/C29H30F7N7O5/c1-28(32,33)48-20-6-2-4-17(12-20)13-37-24(44)22-16-43(40-39-22)15-19(30)7-10-41-11-8-21(23(31)26(41)46)38-25(45)27(47)42-9-3-5-18(14-42)29(34,35)36/h2,4,6,8,11-12,16,18-19H,3,5,7,9-10,13-15H2,1H3,(H,37,44)(H,38,45). The molecule has 2 atom stereocenters. The third-order valence-corrected chi connectivity index (χ3v) is 7.21. The second-order valence-corrected chi connectivity index (χ2v) is 11.1. The van der Waals surface area contributed by atoms with Gasteiger partial charge in [-0.2, -0.15) is 26.3 Å². The fraction of sp³-hybridized carbons (Fsp3) is 0.448. The highest BCUT2D eigenvalue weighted by atomic mass is 19.4. The molecular formula is C29H30F7N7O5. The van der Waals surface area contributed by atoms with E-state index in [0.29, 0.717) is 12.5 Å². The fourth-order valence-electron chi connectivity index (χ4n) is 4.83. The SMILES string of the molecule is CC(F)(F)Oc1cccc(CNC(=O)c2cn(CC(F)CCn3ccc(NC(=O)C(=O)N4CCCC(C(F)(F)F)C4)c(F)c3=O)nn2)c1. The summed E-state index contributed by atoms with van der Waals surface area (Å²) in [5.74, 6) is -6.75. The molecule has 1 aliphatic rings. The minimum atomic E-state index is -4.55. The average molecular weight is 690 g/mol. The molecule has 0 bridgehead atoms. The summed E-state index contributed by atoms with van der Waals surface area (Å²) in [6.45, 7) is -0.982. The summed E-state index contributed by atoms with van der Waals surface area (Å²) in [5.41, 5.74) is -1.63. The third kappa shape index (κ3) is 9.77. The lowest BCUT2D eigenvalue weighted by atomic mass is 9.97. The number of nitrogens with one attached hydrogen (secondary N) is 2. The molecule has 3 heterocycles. The van der Waals surface area contributed by atoms with Gasteiger partial charge in [-0.05, 0) is 43.0 Å². The molecule has 4 rings (SSSR count). The number of carbonyl (C=O) groups is 3. The largest absolute Gasteiger partial charge is 0.433 e. The summed E-state index contributed by atoms with van der Waals surface area (Å²) in [4.78, 5) is 50.3. The molecule has 3 aromatic rings. The zero-order chi connectivity index (χ0) is 35.2. The molecule has 260 valence electrons. The van der Waals surface area contributed by atoms with Crippen molar-refractivity contribution in [1.29, 1.82) is 0 Å². The molecule has 0 spiro atoms. The summed E-state index contributed by atoms with van der Waals surface area (Å²) < 4.78 is 101. The maximum atomic E-state index is 14.7. The molecule has 12 nitrogen and oxygen atoms in total. The molecule has 2 N–H and O–H groups in total. The average Bonchev–Trinajstić information content (AvgIpc) is 3.48. The van der Waals surface area contributed by atoms with Crippen LogP contribution in [0.1, 0.15) is 42.2 Å². The molecule has 48 heavy (non-hydrogen) atoms. The number of aryl methyl sites for hydroxylation is 1. The molecule has 19 heteroatoms. The van der Waals surface area contributed by atoms with Gasteiger partial charge in [0.15, 0.2) is 5.69 Å². The summed E-state index contributed by atoms with van der Waals surface area (Å²) in [5, 5.41) is 11.8. The van der Waals surface area contributed by atoms with Crippen molar-refractivity contribution in [3.63, 3.8) is 0 Å². The van der Waals surface area contributed by atoms with Gasteiger partial charge in [-0.15, -0.1) is 5.10 Å². The predicted molar refractivity (Wildman–Crippen MR) is 153 cm³/mol. The van der Waals surface area contributed by atoms with E-state index in [0.717, 1.165) is 32.6 Å². The van der Waals surface area contributed by atoms with Crippen LogP contribution in [0.3, 0.4) is 0 Å². The molecule has 2 aromatic heterocycles. The topological polar surface area (TPSA) is 140 Å². The van der Waals surface area contributed by atoms with Crippen molar-refractivity contribution in [1.82, 2.24) is 29.8 Å². The first-order chi connectivity index (χ1) is 22.5. The summed E-state index contributed by atoms with van der Waals surface area (Å²) in [6.07, 6.45) is -7.84. The maximum absolute atomic E-state index is 14.7. The quantitative estimate of drug-likeness (QED) is 0.231. The molecule has 1 fully saturated rings. The number of alkyl halides is 6. The van der Waals surface area contributed by atoms with E-state index in [1.165, 1.54) is 18.2 Å². The molecule has 0 aliphatic carbocycles. The van der Waals surface area contributed by atoms with Crippen molar-refractivity contribution in [3.05, 3.63) is 70.2 Å². The molecule has 1 saturated heterocycles. The lowest BCUT2D eigenvalue weighted by Crippen LogP contribution is -2.48. The minimum Gasteiger partial charge on any atom is -0.433 e. The maximum Gasteiger partial charge on any atom is 0.394 e. The number of likely N-dealkylation sites (tertiary alicyclic amines) is 1. The van der Waals surface area contributed by atoms with E-state index in [-0.39, 0.29) is 56.9 Å². The van der Waals surface area contributed by atoms with Crippen LogP contribution in [0.4, 0.5) is 36.4 Å². The van der Waals surface area contributed by atoms with Crippen LogP contribution in [0.5, 0.6) is 5.75 Å². The zero-order valence-corrected chi connectivity index (χ0v) is 25.3. The number of piperidine rings is 1. The van der Waals surface area contributed by atoms with E-state index in [1.807, 2.05) is 5.32 Å². The number of hydrogen-bond donors (Lipinski definition) is 2. The highest BCUT2D eigenvalue weighted by Gasteiger charge is 2.43. The second-order valence-electron chi connectivity index (χ2n) is 11.1. The Morgan fingerprint density at radius 1 is 1.15 bits per heavy atom. The molecule has 2 unspecified atom stereocenters. The number of nitrogens with zero attached hydrogens (tertiary/aromatic N) is 5. The number of hydrogen-bond acceptors (Lipinski definition) is 7. The zero-order valence-electron chi connectivity index (χ0n) is 25.3. The molecule has 1 aromatic carbocycles. The Kier molecular flexibility index (Phi) is 11.1. The van der Waals surface area contributed by atoms with Gasteiger partial charge in [0.2, 0.25) is 5.82 Å². The number of benzene rings is 1. The Bertz CT molecular complexity index is 1690. The van der Waals surface area contributed by atoms with Crippen LogP contribution in [0.2, 0.25) is 0 Å². The summed E-state index contributed by atoms with van der Waals surface area (Å²) in [6, 6.07) is 6.64. The van der Waals surface area contributed by atoms with E-state index in [1.54, 1.807) is 6.07 Å². The van der Waals surface area contributed by atoms with Crippen molar-refractivity contribution < 1.29 is 49.9 Å². The van der Waals surface area contributed by atoms with Gasteiger partial charge in [-0.1, -0.05) is 17.3 Å². The molecule has 1 aliphatic heterocycles. The number of pyridine rings is 1. The number of anilines is 1.